The van der Waals surface area contributed by atoms with E-state index in [1.54, 1.807) is 21.6 Å². The number of hydrogen-bond donors (Lipinski definition) is 4. The van der Waals surface area contributed by atoms with Crippen molar-refractivity contribution in [3.63, 3.8) is 0 Å². The Balaban J connectivity index is 1.62. The number of carbonyl (C=O) groups is 4. The Kier molecular flexibility index (Phi) is 16.3. The highest BCUT2D eigenvalue weighted by Crippen LogP contribution is 2.40. The maximum absolute atomic E-state index is 13.7. The van der Waals surface area contributed by atoms with Crippen molar-refractivity contribution in [1.82, 2.24) is 10.6 Å². The second-order valence-corrected chi connectivity index (χ2v) is 16.1. The van der Waals surface area contributed by atoms with Crippen LogP contribution in [-0.4, -0.2) is 56.5 Å². The Morgan fingerprint density at radius 3 is 1.02 bits per heavy atom. The van der Waals surface area contributed by atoms with Crippen molar-refractivity contribution >= 4 is 45.3 Å². The van der Waals surface area contributed by atoms with E-state index < -0.39 is 35.9 Å². The standard InChI is InChI=1S/C42H48N2O6S2/c1-29(41(47)48)43-39(45)35(23-31-15-7-3-8-16-31)27-37(25-33-19-11-5-12-20-33)51-52-38(26-34-21-13-6-14-22-34)28-36(24-32-17-9-4-10-18-32)40(46)44-30(2)42(49)50/h3-22,29-30,35-38H,23-28H2,1-2H3,(H,43,45)(H,44,46)(H,47,48)(H,49,50). The molecule has 0 saturated heterocycles. The maximum atomic E-state index is 13.7. The SMILES string of the molecule is CC(NC(=O)C(Cc1ccccc1)CC(Cc1ccccc1)SSC(Cc1ccccc1)CC(Cc1ccccc1)C(=O)NC(C)C(=O)O)C(=O)O. The second-order valence-electron chi connectivity index (χ2n) is 13.2. The monoisotopic (exact) mass is 740 g/mol. The Bertz CT molecular complexity index is 1570. The molecule has 0 aliphatic carbocycles. The number of amides is 2. The first-order valence-electron chi connectivity index (χ1n) is 17.6. The van der Waals surface area contributed by atoms with Crippen molar-refractivity contribution in [2.24, 2.45) is 11.8 Å². The van der Waals surface area contributed by atoms with Crippen LogP contribution in [0.15, 0.2) is 121 Å². The third kappa shape index (κ3) is 13.9. The molecule has 4 N–H and O–H groups in total. The predicted molar refractivity (Wildman–Crippen MR) is 210 cm³/mol. The number of aliphatic carboxylic acids is 2. The highest BCUT2D eigenvalue weighted by molar-refractivity contribution is 8.77. The summed E-state index contributed by atoms with van der Waals surface area (Å²) in [5.74, 6) is -3.73. The molecule has 0 aliphatic heterocycles. The molecule has 6 unspecified atom stereocenters. The molecule has 10 heteroatoms. The molecule has 4 aromatic carbocycles. The summed E-state index contributed by atoms with van der Waals surface area (Å²) in [7, 11) is 3.40. The zero-order chi connectivity index (χ0) is 37.3. The number of hydrogen-bond acceptors (Lipinski definition) is 6. The van der Waals surface area contributed by atoms with Crippen LogP contribution in [0.4, 0.5) is 0 Å². The first-order chi connectivity index (χ1) is 25.1. The third-order valence-electron chi connectivity index (χ3n) is 8.88. The molecule has 0 fully saturated rings. The molecule has 0 aliphatic rings. The third-order valence-corrected chi connectivity index (χ3v) is 12.2. The van der Waals surface area contributed by atoms with Gasteiger partial charge in [-0.05, 0) is 74.6 Å². The van der Waals surface area contributed by atoms with Gasteiger partial charge in [-0.2, -0.15) is 0 Å². The largest absolute Gasteiger partial charge is 0.480 e. The smallest absolute Gasteiger partial charge is 0.325 e. The first-order valence-corrected chi connectivity index (χ1v) is 19.9. The van der Waals surface area contributed by atoms with Crippen LogP contribution in [0.5, 0.6) is 0 Å². The number of nitrogens with one attached hydrogen (secondary N) is 2. The molecular formula is C42H48N2O6S2. The van der Waals surface area contributed by atoms with E-state index in [9.17, 15) is 29.4 Å². The molecule has 52 heavy (non-hydrogen) atoms. The van der Waals surface area contributed by atoms with Gasteiger partial charge < -0.3 is 20.8 Å². The van der Waals surface area contributed by atoms with Gasteiger partial charge in [-0.1, -0.05) is 143 Å². The molecule has 0 aromatic heterocycles. The summed E-state index contributed by atoms with van der Waals surface area (Å²) in [5, 5.41) is 24.5. The molecule has 4 aromatic rings. The van der Waals surface area contributed by atoms with Gasteiger partial charge in [0.25, 0.3) is 0 Å². The van der Waals surface area contributed by atoms with Crippen LogP contribution < -0.4 is 10.6 Å². The van der Waals surface area contributed by atoms with Gasteiger partial charge in [0.05, 0.1) is 0 Å². The van der Waals surface area contributed by atoms with E-state index in [1.165, 1.54) is 13.8 Å². The molecule has 8 nitrogen and oxygen atoms in total. The maximum Gasteiger partial charge on any atom is 0.325 e. The minimum atomic E-state index is -1.09. The van der Waals surface area contributed by atoms with Crippen molar-refractivity contribution in [3.8, 4) is 0 Å². The Hall–Kier alpha value is -4.54. The summed E-state index contributed by atoms with van der Waals surface area (Å²) in [6.45, 7) is 2.94. The highest BCUT2D eigenvalue weighted by Gasteiger charge is 2.30. The number of carboxylic acid groups (broad SMARTS) is 2. The number of rotatable bonds is 21. The Labute approximate surface area is 314 Å². The van der Waals surface area contributed by atoms with Gasteiger partial charge in [-0.15, -0.1) is 0 Å². The first kappa shape index (κ1) is 40.2. The van der Waals surface area contributed by atoms with Crippen LogP contribution in [0, 0.1) is 11.8 Å². The van der Waals surface area contributed by atoms with E-state index in [0.29, 0.717) is 38.5 Å². The van der Waals surface area contributed by atoms with Gasteiger partial charge >= 0.3 is 11.9 Å². The summed E-state index contributed by atoms with van der Waals surface area (Å²) in [6.07, 6.45) is 3.30. The van der Waals surface area contributed by atoms with Crippen molar-refractivity contribution in [2.75, 3.05) is 0 Å². The molecule has 4 rings (SSSR count). The molecule has 274 valence electrons. The molecule has 2 amide bonds. The van der Waals surface area contributed by atoms with Crippen LogP contribution >= 0.6 is 21.6 Å². The fraction of sp³-hybridized carbons (Fsp3) is 0.333. The van der Waals surface area contributed by atoms with Crippen molar-refractivity contribution < 1.29 is 29.4 Å². The Morgan fingerprint density at radius 2 is 0.750 bits per heavy atom. The number of carbonyl (C=O) groups excluding carboxylic acids is 2. The predicted octanol–water partition coefficient (Wildman–Crippen LogP) is 7.27. The lowest BCUT2D eigenvalue weighted by atomic mass is 9.91. The molecular weight excluding hydrogens is 693 g/mol. The zero-order valence-electron chi connectivity index (χ0n) is 29.6. The second kappa shape index (κ2) is 21.1. The quantitative estimate of drug-likeness (QED) is 0.0657. The van der Waals surface area contributed by atoms with Gasteiger partial charge in [-0.25, -0.2) is 0 Å². The minimum Gasteiger partial charge on any atom is -0.480 e. The average molecular weight is 741 g/mol. The molecule has 0 heterocycles. The van der Waals surface area contributed by atoms with E-state index in [1.807, 2.05) is 97.1 Å². The number of benzene rings is 4. The minimum absolute atomic E-state index is 0.0290. The topological polar surface area (TPSA) is 133 Å². The molecule has 0 bridgehead atoms. The average Bonchev–Trinajstić information content (AvgIpc) is 3.14. The molecule has 0 radical (unpaired) electrons. The lowest BCUT2D eigenvalue weighted by Crippen LogP contribution is -2.43. The van der Waals surface area contributed by atoms with Crippen molar-refractivity contribution in [3.05, 3.63) is 144 Å². The van der Waals surface area contributed by atoms with Gasteiger partial charge in [0.1, 0.15) is 12.1 Å². The molecule has 0 saturated carbocycles. The number of carboxylic acids is 2. The summed E-state index contributed by atoms with van der Waals surface area (Å²) in [6, 6.07) is 37.7. The summed E-state index contributed by atoms with van der Waals surface area (Å²) in [5.41, 5.74) is 4.24. The van der Waals surface area contributed by atoms with Gasteiger partial charge in [0.2, 0.25) is 11.8 Å². The van der Waals surface area contributed by atoms with Crippen LogP contribution in [-0.2, 0) is 44.9 Å². The summed E-state index contributed by atoms with van der Waals surface area (Å²) >= 11 is 0. The summed E-state index contributed by atoms with van der Waals surface area (Å²) < 4.78 is 0. The zero-order valence-corrected chi connectivity index (χ0v) is 31.2. The van der Waals surface area contributed by atoms with E-state index >= 15 is 0 Å². The van der Waals surface area contributed by atoms with E-state index in [0.717, 1.165) is 22.3 Å². The highest BCUT2D eigenvalue weighted by atomic mass is 33.1. The van der Waals surface area contributed by atoms with Crippen LogP contribution in [0.1, 0.15) is 48.9 Å². The fourth-order valence-corrected chi connectivity index (χ4v) is 9.29. The van der Waals surface area contributed by atoms with E-state index in [4.69, 9.17) is 0 Å². The van der Waals surface area contributed by atoms with Crippen molar-refractivity contribution in [2.45, 2.75) is 75.0 Å². The lowest BCUT2D eigenvalue weighted by Gasteiger charge is -2.27. The lowest BCUT2D eigenvalue weighted by molar-refractivity contribution is -0.142. The molecule has 6 atom stereocenters. The summed E-state index contributed by atoms with van der Waals surface area (Å²) in [4.78, 5) is 50.7. The van der Waals surface area contributed by atoms with Gasteiger partial charge in [0, 0.05) is 22.3 Å². The van der Waals surface area contributed by atoms with E-state index in [-0.39, 0.29) is 22.3 Å². The van der Waals surface area contributed by atoms with Crippen LogP contribution in [0.25, 0.3) is 0 Å². The normalized spacial score (nSPS) is 14.6. The molecule has 0 spiro atoms. The van der Waals surface area contributed by atoms with Gasteiger partial charge in [-0.3, -0.25) is 19.2 Å². The van der Waals surface area contributed by atoms with Crippen molar-refractivity contribution in [1.29, 1.82) is 0 Å². The van der Waals surface area contributed by atoms with Crippen LogP contribution in [0.2, 0.25) is 0 Å². The van der Waals surface area contributed by atoms with Crippen LogP contribution in [0.3, 0.4) is 0 Å². The van der Waals surface area contributed by atoms with E-state index in [2.05, 4.69) is 34.9 Å². The van der Waals surface area contributed by atoms with Gasteiger partial charge in [0.15, 0.2) is 0 Å². The Morgan fingerprint density at radius 1 is 0.481 bits per heavy atom. The fourth-order valence-electron chi connectivity index (χ4n) is 6.01.